The summed E-state index contributed by atoms with van der Waals surface area (Å²) in [6.07, 6.45) is -2.04. The zero-order valence-corrected chi connectivity index (χ0v) is 12.1. The Labute approximate surface area is 126 Å². The minimum Gasteiger partial charge on any atom is -0.391 e. The maximum atomic E-state index is 13.2. The second-order valence-corrected chi connectivity index (χ2v) is 5.30. The number of nitrogens with two attached hydrogens (primary N) is 1. The Morgan fingerprint density at radius 2 is 1.76 bits per heavy atom. The van der Waals surface area contributed by atoms with Crippen LogP contribution in [0, 0.1) is 11.7 Å². The quantitative estimate of drug-likeness (QED) is 0.829. The predicted octanol–water partition coefficient (Wildman–Crippen LogP) is 3.82. The van der Waals surface area contributed by atoms with E-state index in [0.29, 0.717) is 6.07 Å². The standard InChI is InChI=1S/C14H17F4NO.ClH/c15-11-6-5-9(7-10(11)14(16,17)18)12(19)13(20)8-3-1-2-4-8;/h5-8,12-13,20H,1-4,19H2;1H/t12-,13+;/m1./s1. The van der Waals surface area contributed by atoms with Crippen molar-refractivity contribution in [2.45, 2.75) is 44.0 Å². The number of aliphatic hydroxyl groups excluding tert-OH is 1. The fourth-order valence-electron chi connectivity index (χ4n) is 2.76. The van der Waals surface area contributed by atoms with E-state index in [2.05, 4.69) is 0 Å². The molecule has 1 aliphatic carbocycles. The third-order valence-corrected chi connectivity index (χ3v) is 3.93. The van der Waals surface area contributed by atoms with E-state index in [1.54, 1.807) is 0 Å². The highest BCUT2D eigenvalue weighted by atomic mass is 35.5. The lowest BCUT2D eigenvalue weighted by atomic mass is 9.90. The van der Waals surface area contributed by atoms with E-state index in [1.165, 1.54) is 6.07 Å². The molecule has 0 saturated heterocycles. The number of hydrogen-bond donors (Lipinski definition) is 2. The van der Waals surface area contributed by atoms with Crippen LogP contribution in [0.1, 0.15) is 42.9 Å². The Morgan fingerprint density at radius 3 is 2.29 bits per heavy atom. The van der Waals surface area contributed by atoms with Gasteiger partial charge in [-0.2, -0.15) is 13.2 Å². The second-order valence-electron chi connectivity index (χ2n) is 5.30. The van der Waals surface area contributed by atoms with E-state index in [-0.39, 0.29) is 23.9 Å². The van der Waals surface area contributed by atoms with Crippen LogP contribution in [0.5, 0.6) is 0 Å². The van der Waals surface area contributed by atoms with Crippen molar-refractivity contribution in [3.63, 3.8) is 0 Å². The molecule has 1 aliphatic rings. The smallest absolute Gasteiger partial charge is 0.391 e. The zero-order chi connectivity index (χ0) is 14.9. The topological polar surface area (TPSA) is 46.2 Å². The molecule has 1 aromatic carbocycles. The van der Waals surface area contributed by atoms with Crippen molar-refractivity contribution in [3.05, 3.63) is 35.1 Å². The maximum Gasteiger partial charge on any atom is 0.419 e. The first-order valence-electron chi connectivity index (χ1n) is 6.61. The number of alkyl halides is 3. The molecule has 1 saturated carbocycles. The Morgan fingerprint density at radius 1 is 1.19 bits per heavy atom. The lowest BCUT2D eigenvalue weighted by Gasteiger charge is -2.25. The van der Waals surface area contributed by atoms with Gasteiger partial charge in [-0.25, -0.2) is 4.39 Å². The minimum atomic E-state index is -4.77. The van der Waals surface area contributed by atoms with E-state index < -0.39 is 29.7 Å². The number of aliphatic hydroxyl groups is 1. The van der Waals surface area contributed by atoms with Crippen molar-refractivity contribution < 1.29 is 22.7 Å². The van der Waals surface area contributed by atoms with Crippen LogP contribution in [0.2, 0.25) is 0 Å². The largest absolute Gasteiger partial charge is 0.419 e. The van der Waals surface area contributed by atoms with Gasteiger partial charge < -0.3 is 10.8 Å². The first-order chi connectivity index (χ1) is 9.30. The van der Waals surface area contributed by atoms with Gasteiger partial charge in [0, 0.05) is 0 Å². The van der Waals surface area contributed by atoms with Crippen molar-refractivity contribution in [2.75, 3.05) is 0 Å². The highest BCUT2D eigenvalue weighted by Crippen LogP contribution is 2.36. The molecule has 3 N–H and O–H groups in total. The fraction of sp³-hybridized carbons (Fsp3) is 0.571. The Kier molecular flexibility index (Phi) is 6.01. The summed E-state index contributed by atoms with van der Waals surface area (Å²) in [5.74, 6) is -1.33. The summed E-state index contributed by atoms with van der Waals surface area (Å²) in [5, 5.41) is 10.1. The molecule has 1 aromatic rings. The fourth-order valence-corrected chi connectivity index (χ4v) is 2.76. The van der Waals surface area contributed by atoms with E-state index in [4.69, 9.17) is 5.73 Å². The van der Waals surface area contributed by atoms with Gasteiger partial charge in [-0.3, -0.25) is 0 Å². The number of halogens is 5. The molecule has 0 radical (unpaired) electrons. The summed E-state index contributed by atoms with van der Waals surface area (Å²) in [5.41, 5.74) is 4.61. The molecule has 2 atom stereocenters. The molecule has 0 heterocycles. The third kappa shape index (κ3) is 4.08. The number of rotatable bonds is 3. The normalized spacial score (nSPS) is 19.1. The molecule has 7 heteroatoms. The van der Waals surface area contributed by atoms with Gasteiger partial charge in [0.2, 0.25) is 0 Å². The summed E-state index contributed by atoms with van der Waals surface area (Å²) in [7, 11) is 0. The van der Waals surface area contributed by atoms with Gasteiger partial charge in [0.05, 0.1) is 17.7 Å². The minimum absolute atomic E-state index is 0. The van der Waals surface area contributed by atoms with Crippen molar-refractivity contribution in [3.8, 4) is 0 Å². The summed E-state index contributed by atoms with van der Waals surface area (Å²) < 4.78 is 51.2. The lowest BCUT2D eigenvalue weighted by Crippen LogP contribution is -2.32. The molecule has 2 nitrogen and oxygen atoms in total. The van der Waals surface area contributed by atoms with Gasteiger partial charge in [-0.15, -0.1) is 12.4 Å². The number of hydrogen-bond acceptors (Lipinski definition) is 2. The third-order valence-electron chi connectivity index (χ3n) is 3.93. The van der Waals surface area contributed by atoms with Gasteiger partial charge in [-0.1, -0.05) is 18.9 Å². The Balaban J connectivity index is 0.00000220. The van der Waals surface area contributed by atoms with E-state index in [1.807, 2.05) is 0 Å². The van der Waals surface area contributed by atoms with Crippen LogP contribution in [0.3, 0.4) is 0 Å². The first kappa shape index (κ1) is 18.2. The summed E-state index contributed by atoms with van der Waals surface area (Å²) in [6.45, 7) is 0. The molecule has 0 aromatic heterocycles. The van der Waals surface area contributed by atoms with Crippen LogP contribution in [-0.4, -0.2) is 11.2 Å². The monoisotopic (exact) mass is 327 g/mol. The van der Waals surface area contributed by atoms with Crippen LogP contribution in [0.15, 0.2) is 18.2 Å². The SMILES string of the molecule is Cl.N[C@H](c1ccc(F)c(C(F)(F)F)c1)[C@@H](O)C1CCCC1. The van der Waals surface area contributed by atoms with E-state index in [9.17, 15) is 22.7 Å². The molecule has 2 rings (SSSR count). The lowest BCUT2D eigenvalue weighted by molar-refractivity contribution is -0.140. The molecule has 0 spiro atoms. The van der Waals surface area contributed by atoms with Crippen LogP contribution in [0.25, 0.3) is 0 Å². The zero-order valence-electron chi connectivity index (χ0n) is 11.2. The van der Waals surface area contributed by atoms with E-state index in [0.717, 1.165) is 31.7 Å². The van der Waals surface area contributed by atoms with Crippen LogP contribution in [0.4, 0.5) is 17.6 Å². The van der Waals surface area contributed by atoms with Crippen molar-refractivity contribution >= 4 is 12.4 Å². The molecule has 0 unspecified atom stereocenters. The van der Waals surface area contributed by atoms with Crippen molar-refractivity contribution in [1.82, 2.24) is 0 Å². The molecule has 1 fully saturated rings. The molecule has 0 bridgehead atoms. The predicted molar refractivity (Wildman–Crippen MR) is 73.5 cm³/mol. The molecule has 120 valence electrons. The average Bonchev–Trinajstić information content (AvgIpc) is 2.90. The Hall–Kier alpha value is -0.850. The van der Waals surface area contributed by atoms with Crippen LogP contribution < -0.4 is 5.73 Å². The summed E-state index contributed by atoms with van der Waals surface area (Å²) in [4.78, 5) is 0. The Bertz CT molecular complexity index is 475. The van der Waals surface area contributed by atoms with Gasteiger partial charge in [0.15, 0.2) is 0 Å². The summed E-state index contributed by atoms with van der Waals surface area (Å²) in [6, 6.07) is 1.71. The molecule has 0 amide bonds. The molecular formula is C14H18ClF4NO. The maximum absolute atomic E-state index is 13.2. The average molecular weight is 328 g/mol. The molecular weight excluding hydrogens is 310 g/mol. The molecule has 21 heavy (non-hydrogen) atoms. The van der Waals surface area contributed by atoms with Gasteiger partial charge in [0.25, 0.3) is 0 Å². The van der Waals surface area contributed by atoms with Gasteiger partial charge in [0.1, 0.15) is 5.82 Å². The van der Waals surface area contributed by atoms with Crippen molar-refractivity contribution in [1.29, 1.82) is 0 Å². The van der Waals surface area contributed by atoms with E-state index >= 15 is 0 Å². The first-order valence-corrected chi connectivity index (χ1v) is 6.61. The molecule has 0 aliphatic heterocycles. The van der Waals surface area contributed by atoms with Crippen molar-refractivity contribution in [2.24, 2.45) is 11.7 Å². The van der Waals surface area contributed by atoms with Crippen LogP contribution >= 0.6 is 12.4 Å². The highest BCUT2D eigenvalue weighted by molar-refractivity contribution is 5.85. The van der Waals surface area contributed by atoms with Gasteiger partial charge in [-0.05, 0) is 36.5 Å². The highest BCUT2D eigenvalue weighted by Gasteiger charge is 2.36. The second kappa shape index (κ2) is 6.94. The number of benzene rings is 1. The van der Waals surface area contributed by atoms with Gasteiger partial charge >= 0.3 is 6.18 Å². The summed E-state index contributed by atoms with van der Waals surface area (Å²) >= 11 is 0. The van der Waals surface area contributed by atoms with Crippen LogP contribution in [-0.2, 0) is 6.18 Å².